The fraction of sp³-hybridized carbons (Fsp3) is 0. The summed E-state index contributed by atoms with van der Waals surface area (Å²) in [5.74, 6) is -0.319. The average molecular weight is 502 g/mol. The van der Waals surface area contributed by atoms with Gasteiger partial charge in [0.15, 0.2) is 11.4 Å². The molecule has 0 bridgehead atoms. The summed E-state index contributed by atoms with van der Waals surface area (Å²) in [4.78, 5) is 24.5. The third kappa shape index (κ3) is 2.89. The van der Waals surface area contributed by atoms with Crippen LogP contribution < -0.4 is 5.63 Å². The smallest absolute Gasteiger partial charge is 0.347 e. The van der Waals surface area contributed by atoms with Crippen LogP contribution in [-0.2, 0) is 0 Å². The van der Waals surface area contributed by atoms with Gasteiger partial charge in [0.2, 0.25) is 0 Å². The number of hydrogen-bond donors (Lipinski definition) is 0. The Labute approximate surface area is 147 Å². The van der Waals surface area contributed by atoms with Crippen molar-refractivity contribution in [3.05, 3.63) is 77.2 Å². The lowest BCUT2D eigenvalue weighted by molar-refractivity contribution is 0.103. The molecule has 0 aliphatic carbocycles. The number of ketones is 1. The van der Waals surface area contributed by atoms with E-state index in [0.29, 0.717) is 11.1 Å². The number of benzene rings is 2. The van der Waals surface area contributed by atoms with Crippen molar-refractivity contribution in [2.75, 3.05) is 0 Å². The Hall–Kier alpha value is -1.22. The molecule has 0 aliphatic rings. The molecule has 0 saturated heterocycles. The Morgan fingerprint density at radius 2 is 1.71 bits per heavy atom. The van der Waals surface area contributed by atoms with Crippen molar-refractivity contribution in [2.45, 2.75) is 0 Å². The van der Waals surface area contributed by atoms with E-state index in [2.05, 4.69) is 45.2 Å². The van der Waals surface area contributed by atoms with E-state index in [0.717, 1.165) is 12.5 Å². The predicted octanol–water partition coefficient (Wildman–Crippen LogP) is 4.23. The first-order chi connectivity index (χ1) is 10.1. The summed E-state index contributed by atoms with van der Waals surface area (Å²) >= 11 is 4.31. The van der Waals surface area contributed by atoms with Gasteiger partial charge in [-0.05, 0) is 63.4 Å². The molecule has 21 heavy (non-hydrogen) atoms. The second-order valence-corrected chi connectivity index (χ2v) is 6.86. The Morgan fingerprint density at radius 3 is 2.43 bits per heavy atom. The van der Waals surface area contributed by atoms with Gasteiger partial charge >= 0.3 is 5.63 Å². The van der Waals surface area contributed by atoms with Crippen LogP contribution >= 0.6 is 45.2 Å². The Kier molecular flexibility index (Phi) is 4.12. The SMILES string of the molecule is O=C(c1ccccc1)c1cc2cc(I)cc(I)c2oc1=O. The highest BCUT2D eigenvalue weighted by atomic mass is 127. The second-order valence-electron chi connectivity index (χ2n) is 4.45. The van der Waals surface area contributed by atoms with Gasteiger partial charge < -0.3 is 4.42 Å². The van der Waals surface area contributed by atoms with Gasteiger partial charge in [0.25, 0.3) is 0 Å². The molecule has 104 valence electrons. The molecular formula is C16H8I2O3. The van der Waals surface area contributed by atoms with E-state index in [9.17, 15) is 9.59 Å². The van der Waals surface area contributed by atoms with Gasteiger partial charge in [0.05, 0.1) is 3.57 Å². The molecule has 5 heteroatoms. The fourth-order valence-electron chi connectivity index (χ4n) is 2.06. The van der Waals surface area contributed by atoms with Crippen molar-refractivity contribution in [1.82, 2.24) is 0 Å². The molecule has 1 heterocycles. The van der Waals surface area contributed by atoms with Gasteiger partial charge in [-0.1, -0.05) is 30.3 Å². The molecule has 0 unspecified atom stereocenters. The van der Waals surface area contributed by atoms with E-state index in [-0.39, 0.29) is 11.3 Å². The summed E-state index contributed by atoms with van der Waals surface area (Å²) in [5, 5.41) is 0.755. The van der Waals surface area contributed by atoms with Gasteiger partial charge in [-0.3, -0.25) is 4.79 Å². The molecule has 1 aromatic heterocycles. The molecule has 3 rings (SSSR count). The lowest BCUT2D eigenvalue weighted by Crippen LogP contribution is -2.14. The Balaban J connectivity index is 2.22. The van der Waals surface area contributed by atoms with Crippen molar-refractivity contribution in [2.24, 2.45) is 0 Å². The third-order valence-electron chi connectivity index (χ3n) is 3.03. The normalized spacial score (nSPS) is 10.8. The minimum atomic E-state index is -0.601. The maximum absolute atomic E-state index is 12.4. The minimum Gasteiger partial charge on any atom is -0.421 e. The zero-order valence-electron chi connectivity index (χ0n) is 10.6. The average Bonchev–Trinajstić information content (AvgIpc) is 2.48. The van der Waals surface area contributed by atoms with Crippen LogP contribution in [0.25, 0.3) is 11.0 Å². The van der Waals surface area contributed by atoms with Crippen LogP contribution in [0.5, 0.6) is 0 Å². The van der Waals surface area contributed by atoms with E-state index in [1.807, 2.05) is 18.2 Å². The summed E-state index contributed by atoms with van der Waals surface area (Å²) in [6.45, 7) is 0. The summed E-state index contributed by atoms with van der Waals surface area (Å²) in [7, 11) is 0. The molecule has 0 spiro atoms. The van der Waals surface area contributed by atoms with Crippen LogP contribution in [0.3, 0.4) is 0 Å². The Morgan fingerprint density at radius 1 is 1.00 bits per heavy atom. The zero-order valence-corrected chi connectivity index (χ0v) is 14.9. The quantitative estimate of drug-likeness (QED) is 0.300. The zero-order chi connectivity index (χ0) is 15.0. The van der Waals surface area contributed by atoms with Crippen molar-refractivity contribution in [1.29, 1.82) is 0 Å². The molecule has 0 radical (unpaired) electrons. The van der Waals surface area contributed by atoms with Crippen LogP contribution in [0.4, 0.5) is 0 Å². The first-order valence-electron chi connectivity index (χ1n) is 6.09. The maximum Gasteiger partial charge on any atom is 0.347 e. The molecule has 3 nitrogen and oxygen atoms in total. The van der Waals surface area contributed by atoms with Gasteiger partial charge in [-0.15, -0.1) is 0 Å². The van der Waals surface area contributed by atoms with Crippen molar-refractivity contribution in [3.63, 3.8) is 0 Å². The van der Waals surface area contributed by atoms with E-state index in [1.54, 1.807) is 30.3 Å². The van der Waals surface area contributed by atoms with Crippen molar-refractivity contribution < 1.29 is 9.21 Å². The van der Waals surface area contributed by atoms with Gasteiger partial charge in [-0.2, -0.15) is 0 Å². The van der Waals surface area contributed by atoms with Crippen LogP contribution in [-0.4, -0.2) is 5.78 Å². The molecular weight excluding hydrogens is 494 g/mol. The first kappa shape index (κ1) is 14.7. The van der Waals surface area contributed by atoms with Crippen LogP contribution in [0.2, 0.25) is 0 Å². The molecule has 0 amide bonds. The third-order valence-corrected chi connectivity index (χ3v) is 4.46. The van der Waals surface area contributed by atoms with E-state index in [4.69, 9.17) is 4.42 Å². The predicted molar refractivity (Wildman–Crippen MR) is 97.8 cm³/mol. The Bertz CT molecular complexity index is 899. The first-order valence-corrected chi connectivity index (χ1v) is 8.24. The van der Waals surface area contributed by atoms with Crippen LogP contribution in [0, 0.1) is 7.14 Å². The lowest BCUT2D eigenvalue weighted by Gasteiger charge is -2.04. The molecule has 3 aromatic rings. The van der Waals surface area contributed by atoms with Crippen LogP contribution in [0.1, 0.15) is 15.9 Å². The standard InChI is InChI=1S/C16H8I2O3/c17-11-6-10-7-12(14(19)9-4-2-1-3-5-9)16(20)21-15(10)13(18)8-11/h1-8H. The molecule has 2 aromatic carbocycles. The summed E-state index contributed by atoms with van der Waals surface area (Å²) in [6.07, 6.45) is 0. The molecule has 0 fully saturated rings. The van der Waals surface area contributed by atoms with E-state index < -0.39 is 5.63 Å². The highest BCUT2D eigenvalue weighted by Crippen LogP contribution is 2.24. The van der Waals surface area contributed by atoms with E-state index >= 15 is 0 Å². The number of fused-ring (bicyclic) bond motifs is 1. The number of carbonyl (C=O) groups excluding carboxylic acids is 1. The maximum atomic E-state index is 12.4. The van der Waals surface area contributed by atoms with E-state index in [1.165, 1.54) is 0 Å². The van der Waals surface area contributed by atoms with Crippen molar-refractivity contribution in [3.8, 4) is 0 Å². The molecule has 0 saturated carbocycles. The second kappa shape index (κ2) is 5.88. The van der Waals surface area contributed by atoms with Gasteiger partial charge in [0, 0.05) is 14.5 Å². The topological polar surface area (TPSA) is 47.3 Å². The highest BCUT2D eigenvalue weighted by Gasteiger charge is 2.16. The largest absolute Gasteiger partial charge is 0.421 e. The molecule has 0 aliphatic heterocycles. The van der Waals surface area contributed by atoms with Crippen molar-refractivity contribution >= 4 is 61.9 Å². The number of halogens is 2. The summed E-state index contributed by atoms with van der Waals surface area (Å²) < 4.78 is 7.21. The van der Waals surface area contributed by atoms with Gasteiger partial charge in [-0.25, -0.2) is 4.79 Å². The van der Waals surface area contributed by atoms with Gasteiger partial charge in [0.1, 0.15) is 5.56 Å². The van der Waals surface area contributed by atoms with Crippen LogP contribution in [0.15, 0.2) is 57.7 Å². The summed E-state index contributed by atoms with van der Waals surface area (Å²) in [5.41, 5.74) is 0.456. The lowest BCUT2D eigenvalue weighted by atomic mass is 10.0. The monoisotopic (exact) mass is 502 g/mol. The fourth-order valence-corrected chi connectivity index (χ4v) is 4.06. The number of hydrogen-bond acceptors (Lipinski definition) is 3. The molecule has 0 atom stereocenters. The molecule has 0 N–H and O–H groups in total. The highest BCUT2D eigenvalue weighted by molar-refractivity contribution is 14.1. The minimum absolute atomic E-state index is 0.0616. The number of carbonyl (C=O) groups is 1. The summed E-state index contributed by atoms with van der Waals surface area (Å²) in [6, 6.07) is 14.2. The number of rotatable bonds is 2.